The number of nitrogens with zero attached hydrogens (tertiary/aromatic N) is 1. The van der Waals surface area contributed by atoms with Gasteiger partial charge in [-0.3, -0.25) is 4.79 Å². The van der Waals surface area contributed by atoms with Crippen molar-refractivity contribution in [1.82, 2.24) is 10.3 Å². The normalized spacial score (nSPS) is 17.0. The molecule has 1 aliphatic heterocycles. The van der Waals surface area contributed by atoms with Crippen molar-refractivity contribution in [1.29, 1.82) is 0 Å². The van der Waals surface area contributed by atoms with Crippen LogP contribution in [0.3, 0.4) is 0 Å². The first-order chi connectivity index (χ1) is 8.24. The standard InChI is InChI=1S/C11H17N3OS2/c1-8-6-13-11(17-8)14-10(15)7-16-9-2-4-12-5-3-9/h6,9,12H,2-5,7H2,1H3,(H,13,14,15). The second-order valence-electron chi connectivity index (χ2n) is 4.08. The zero-order valence-electron chi connectivity index (χ0n) is 9.86. The van der Waals surface area contributed by atoms with Gasteiger partial charge in [0.2, 0.25) is 5.91 Å². The summed E-state index contributed by atoms with van der Waals surface area (Å²) in [7, 11) is 0. The molecule has 2 heterocycles. The fourth-order valence-electron chi connectivity index (χ4n) is 1.72. The number of aromatic nitrogens is 1. The van der Waals surface area contributed by atoms with Crippen LogP contribution in [-0.2, 0) is 4.79 Å². The van der Waals surface area contributed by atoms with Gasteiger partial charge in [0.05, 0.1) is 5.75 Å². The Balaban J connectivity index is 1.70. The molecule has 0 spiro atoms. The summed E-state index contributed by atoms with van der Waals surface area (Å²) in [6, 6.07) is 0. The quantitative estimate of drug-likeness (QED) is 0.878. The number of piperidine rings is 1. The fourth-order valence-corrected chi connectivity index (χ4v) is 3.43. The SMILES string of the molecule is Cc1cnc(NC(=O)CSC2CCNCC2)s1. The Labute approximate surface area is 110 Å². The first-order valence-corrected chi connectivity index (χ1v) is 7.65. The Morgan fingerprint density at radius 1 is 1.65 bits per heavy atom. The van der Waals surface area contributed by atoms with Crippen molar-refractivity contribution in [3.8, 4) is 0 Å². The fraction of sp³-hybridized carbons (Fsp3) is 0.636. The van der Waals surface area contributed by atoms with E-state index in [2.05, 4.69) is 15.6 Å². The summed E-state index contributed by atoms with van der Waals surface area (Å²) in [4.78, 5) is 16.9. The predicted molar refractivity (Wildman–Crippen MR) is 73.8 cm³/mol. The van der Waals surface area contributed by atoms with E-state index in [1.54, 1.807) is 18.0 Å². The van der Waals surface area contributed by atoms with Gasteiger partial charge in [0.25, 0.3) is 0 Å². The molecule has 2 N–H and O–H groups in total. The van der Waals surface area contributed by atoms with Crippen LogP contribution in [0.2, 0.25) is 0 Å². The molecule has 0 saturated carbocycles. The molecule has 0 atom stereocenters. The number of aryl methyl sites for hydroxylation is 1. The van der Waals surface area contributed by atoms with E-state index < -0.39 is 0 Å². The average molecular weight is 271 g/mol. The molecule has 0 unspecified atom stereocenters. The highest BCUT2D eigenvalue weighted by molar-refractivity contribution is 8.00. The molecule has 94 valence electrons. The number of anilines is 1. The predicted octanol–water partition coefficient (Wildman–Crippen LogP) is 1.88. The molecular weight excluding hydrogens is 254 g/mol. The molecule has 0 aliphatic carbocycles. The number of nitrogens with one attached hydrogen (secondary N) is 2. The molecule has 1 aromatic rings. The molecule has 2 rings (SSSR count). The summed E-state index contributed by atoms with van der Waals surface area (Å²) in [5, 5.41) is 7.49. The molecule has 0 aromatic carbocycles. The Morgan fingerprint density at radius 3 is 3.06 bits per heavy atom. The van der Waals surface area contributed by atoms with Gasteiger partial charge in [-0.25, -0.2) is 4.98 Å². The van der Waals surface area contributed by atoms with E-state index in [0.717, 1.165) is 30.8 Å². The van der Waals surface area contributed by atoms with Gasteiger partial charge in [0.15, 0.2) is 5.13 Å². The maximum absolute atomic E-state index is 11.7. The molecule has 1 fully saturated rings. The highest BCUT2D eigenvalue weighted by atomic mass is 32.2. The van der Waals surface area contributed by atoms with Gasteiger partial charge in [-0.05, 0) is 32.9 Å². The number of thiazole rings is 1. The zero-order chi connectivity index (χ0) is 12.1. The first-order valence-electron chi connectivity index (χ1n) is 5.78. The highest BCUT2D eigenvalue weighted by Crippen LogP contribution is 2.21. The number of amides is 1. The molecule has 1 aromatic heterocycles. The second-order valence-corrected chi connectivity index (χ2v) is 6.61. The highest BCUT2D eigenvalue weighted by Gasteiger charge is 2.15. The minimum absolute atomic E-state index is 0.0582. The molecule has 17 heavy (non-hydrogen) atoms. The molecular formula is C11H17N3OS2. The monoisotopic (exact) mass is 271 g/mol. The molecule has 0 radical (unpaired) electrons. The second kappa shape index (κ2) is 6.37. The van der Waals surface area contributed by atoms with E-state index in [1.165, 1.54) is 11.3 Å². The van der Waals surface area contributed by atoms with Crippen LogP contribution in [0.25, 0.3) is 0 Å². The third-order valence-electron chi connectivity index (χ3n) is 2.60. The van der Waals surface area contributed by atoms with E-state index in [0.29, 0.717) is 16.1 Å². The molecule has 0 bridgehead atoms. The summed E-state index contributed by atoms with van der Waals surface area (Å²) < 4.78 is 0. The van der Waals surface area contributed by atoms with Gasteiger partial charge >= 0.3 is 0 Å². The van der Waals surface area contributed by atoms with Crippen LogP contribution >= 0.6 is 23.1 Å². The van der Waals surface area contributed by atoms with Crippen molar-refractivity contribution in [3.63, 3.8) is 0 Å². The lowest BCUT2D eigenvalue weighted by molar-refractivity contribution is -0.113. The Kier molecular flexibility index (Phi) is 4.82. The Bertz CT molecular complexity index is 375. The minimum atomic E-state index is 0.0582. The van der Waals surface area contributed by atoms with E-state index in [4.69, 9.17) is 0 Å². The number of rotatable bonds is 4. The number of hydrogen-bond donors (Lipinski definition) is 2. The van der Waals surface area contributed by atoms with Crippen LogP contribution in [0.1, 0.15) is 17.7 Å². The summed E-state index contributed by atoms with van der Waals surface area (Å²) in [5.74, 6) is 0.589. The largest absolute Gasteiger partial charge is 0.317 e. The molecule has 1 amide bonds. The van der Waals surface area contributed by atoms with E-state index >= 15 is 0 Å². The summed E-state index contributed by atoms with van der Waals surface area (Å²) in [6.45, 7) is 4.13. The van der Waals surface area contributed by atoms with Gasteiger partial charge in [0, 0.05) is 16.3 Å². The zero-order valence-corrected chi connectivity index (χ0v) is 11.5. The van der Waals surface area contributed by atoms with Crippen molar-refractivity contribution in [2.75, 3.05) is 24.2 Å². The Hall–Kier alpha value is -0.590. The summed E-state index contributed by atoms with van der Waals surface area (Å²) >= 11 is 3.27. The van der Waals surface area contributed by atoms with Gasteiger partial charge in [-0.1, -0.05) is 0 Å². The molecule has 1 saturated heterocycles. The van der Waals surface area contributed by atoms with E-state index in [-0.39, 0.29) is 5.91 Å². The van der Waals surface area contributed by atoms with Crippen LogP contribution in [-0.4, -0.2) is 35.0 Å². The van der Waals surface area contributed by atoms with Crippen LogP contribution < -0.4 is 10.6 Å². The topological polar surface area (TPSA) is 54.0 Å². The van der Waals surface area contributed by atoms with Crippen molar-refractivity contribution in [3.05, 3.63) is 11.1 Å². The number of carbonyl (C=O) groups is 1. The van der Waals surface area contributed by atoms with Crippen molar-refractivity contribution in [2.45, 2.75) is 25.0 Å². The van der Waals surface area contributed by atoms with Crippen molar-refractivity contribution in [2.24, 2.45) is 0 Å². The lowest BCUT2D eigenvalue weighted by atomic mass is 10.2. The Morgan fingerprint density at radius 2 is 2.41 bits per heavy atom. The number of thioether (sulfide) groups is 1. The van der Waals surface area contributed by atoms with Gasteiger partial charge in [0.1, 0.15) is 0 Å². The van der Waals surface area contributed by atoms with Crippen LogP contribution in [0.5, 0.6) is 0 Å². The van der Waals surface area contributed by atoms with Crippen LogP contribution in [0.15, 0.2) is 6.20 Å². The first kappa shape index (κ1) is 12.9. The minimum Gasteiger partial charge on any atom is -0.317 e. The average Bonchev–Trinajstić information content (AvgIpc) is 2.73. The van der Waals surface area contributed by atoms with Gasteiger partial charge in [-0.15, -0.1) is 23.1 Å². The summed E-state index contributed by atoms with van der Waals surface area (Å²) in [6.07, 6.45) is 4.10. The molecule has 4 nitrogen and oxygen atoms in total. The van der Waals surface area contributed by atoms with Crippen LogP contribution in [0, 0.1) is 6.92 Å². The third kappa shape index (κ3) is 4.29. The van der Waals surface area contributed by atoms with Crippen molar-refractivity contribution >= 4 is 34.1 Å². The van der Waals surface area contributed by atoms with Crippen LogP contribution in [0.4, 0.5) is 5.13 Å². The van der Waals surface area contributed by atoms with Gasteiger partial charge in [-0.2, -0.15) is 0 Å². The van der Waals surface area contributed by atoms with Gasteiger partial charge < -0.3 is 10.6 Å². The maximum Gasteiger partial charge on any atom is 0.236 e. The number of carbonyl (C=O) groups excluding carboxylic acids is 1. The van der Waals surface area contributed by atoms with Crippen molar-refractivity contribution < 1.29 is 4.79 Å². The lowest BCUT2D eigenvalue weighted by Gasteiger charge is -2.21. The molecule has 1 aliphatic rings. The molecule has 6 heteroatoms. The maximum atomic E-state index is 11.7. The van der Waals surface area contributed by atoms with E-state index in [1.807, 2.05) is 6.92 Å². The third-order valence-corrected chi connectivity index (χ3v) is 4.80. The van der Waals surface area contributed by atoms with E-state index in [9.17, 15) is 4.79 Å². The smallest absolute Gasteiger partial charge is 0.236 e. The number of hydrogen-bond acceptors (Lipinski definition) is 5. The summed E-state index contributed by atoms with van der Waals surface area (Å²) in [5.41, 5.74) is 0. The lowest BCUT2D eigenvalue weighted by Crippen LogP contribution is -2.30.